The maximum atomic E-state index is 12.9. The van der Waals surface area contributed by atoms with Gasteiger partial charge in [-0.25, -0.2) is 5.10 Å². The third-order valence-corrected chi connectivity index (χ3v) is 7.11. The second kappa shape index (κ2) is 9.79. The number of aromatic nitrogens is 2. The molecule has 1 amide bonds. The van der Waals surface area contributed by atoms with Crippen LogP contribution in [0.2, 0.25) is 0 Å². The van der Waals surface area contributed by atoms with Crippen LogP contribution in [0, 0.1) is 0 Å². The molecule has 7 nitrogen and oxygen atoms in total. The van der Waals surface area contributed by atoms with Crippen LogP contribution in [0.25, 0.3) is 10.8 Å². The van der Waals surface area contributed by atoms with Gasteiger partial charge in [0.1, 0.15) is 10.8 Å². The number of ether oxygens (including phenoxy) is 1. The van der Waals surface area contributed by atoms with E-state index in [1.54, 1.807) is 12.1 Å². The van der Waals surface area contributed by atoms with Gasteiger partial charge in [0.25, 0.3) is 5.91 Å². The number of amides is 1. The summed E-state index contributed by atoms with van der Waals surface area (Å²) >= 11 is 1.11. The molecule has 1 fully saturated rings. The van der Waals surface area contributed by atoms with E-state index in [2.05, 4.69) is 56.8 Å². The van der Waals surface area contributed by atoms with Gasteiger partial charge in [-0.3, -0.25) is 9.59 Å². The zero-order valence-corrected chi connectivity index (χ0v) is 19.7. The monoisotopic (exact) mass is 474 g/mol. The molecule has 5 rings (SSSR count). The normalized spacial score (nSPS) is 18.3. The first-order valence-electron chi connectivity index (χ1n) is 11.3. The lowest BCUT2D eigenvalue weighted by atomic mass is 10.0. The molecule has 0 radical (unpaired) electrons. The van der Waals surface area contributed by atoms with Gasteiger partial charge in [-0.1, -0.05) is 53.8 Å². The molecule has 3 aromatic carbocycles. The predicted octanol–water partition coefficient (Wildman–Crippen LogP) is 3.43. The van der Waals surface area contributed by atoms with E-state index in [1.807, 2.05) is 25.2 Å². The number of likely N-dealkylation sites (N-methyl/N-ethyl adjacent to an activating group) is 1. The molecule has 2 N–H and O–H groups in total. The maximum absolute atomic E-state index is 12.9. The van der Waals surface area contributed by atoms with Gasteiger partial charge in [-0.15, -0.1) is 0 Å². The Morgan fingerprint density at radius 3 is 2.71 bits per heavy atom. The largest absolute Gasteiger partial charge is 0.493 e. The molecule has 1 aliphatic heterocycles. The SMILES string of the molecule is CN1C[C@H](c2n[nH]c(=O)s2)[C@H](NC(=O)c2ccc(OCCc3cccc4ccccc34)cc2)C1. The van der Waals surface area contributed by atoms with E-state index >= 15 is 0 Å². The van der Waals surface area contributed by atoms with Crippen molar-refractivity contribution in [1.29, 1.82) is 0 Å². The minimum atomic E-state index is -0.175. The van der Waals surface area contributed by atoms with Crippen molar-refractivity contribution in [1.82, 2.24) is 20.4 Å². The van der Waals surface area contributed by atoms with Crippen LogP contribution < -0.4 is 14.9 Å². The Bertz CT molecular complexity index is 1340. The molecule has 1 aliphatic rings. The van der Waals surface area contributed by atoms with Crippen molar-refractivity contribution in [2.75, 3.05) is 26.7 Å². The van der Waals surface area contributed by atoms with Crippen molar-refractivity contribution in [2.24, 2.45) is 0 Å². The lowest BCUT2D eigenvalue weighted by Crippen LogP contribution is -2.39. The van der Waals surface area contributed by atoms with E-state index in [9.17, 15) is 9.59 Å². The van der Waals surface area contributed by atoms with E-state index < -0.39 is 0 Å². The first-order chi connectivity index (χ1) is 16.6. The van der Waals surface area contributed by atoms with E-state index in [4.69, 9.17) is 4.74 Å². The molecule has 0 unspecified atom stereocenters. The van der Waals surface area contributed by atoms with Crippen molar-refractivity contribution in [3.63, 3.8) is 0 Å². The highest BCUT2D eigenvalue weighted by Gasteiger charge is 2.35. The molecule has 2 atom stereocenters. The number of benzene rings is 3. The van der Waals surface area contributed by atoms with Gasteiger partial charge < -0.3 is 15.0 Å². The van der Waals surface area contributed by atoms with Crippen LogP contribution in [-0.2, 0) is 6.42 Å². The summed E-state index contributed by atoms with van der Waals surface area (Å²) in [6, 6.07) is 21.8. The summed E-state index contributed by atoms with van der Waals surface area (Å²) in [5, 5.41) is 12.9. The highest BCUT2D eigenvalue weighted by Crippen LogP contribution is 2.27. The Balaban J connectivity index is 1.18. The van der Waals surface area contributed by atoms with E-state index in [0.29, 0.717) is 18.7 Å². The third-order valence-electron chi connectivity index (χ3n) is 6.23. The van der Waals surface area contributed by atoms with Crippen LogP contribution in [0.3, 0.4) is 0 Å². The summed E-state index contributed by atoms with van der Waals surface area (Å²) in [6.07, 6.45) is 0.805. The number of fused-ring (bicyclic) bond motifs is 1. The summed E-state index contributed by atoms with van der Waals surface area (Å²) in [5.74, 6) is 0.585. The van der Waals surface area contributed by atoms with Crippen LogP contribution in [0.1, 0.15) is 26.8 Å². The molecule has 0 spiro atoms. The fourth-order valence-corrected chi connectivity index (χ4v) is 5.30. The van der Waals surface area contributed by atoms with Crippen molar-refractivity contribution < 1.29 is 9.53 Å². The fraction of sp³-hybridized carbons (Fsp3) is 0.269. The molecular formula is C26H26N4O3S. The number of likely N-dealkylation sites (tertiary alicyclic amines) is 1. The Morgan fingerprint density at radius 2 is 1.91 bits per heavy atom. The number of hydrogen-bond acceptors (Lipinski definition) is 6. The Labute approximate surface area is 201 Å². The summed E-state index contributed by atoms with van der Waals surface area (Å²) in [6.45, 7) is 2.01. The number of carbonyl (C=O) groups is 1. The second-order valence-electron chi connectivity index (χ2n) is 8.62. The molecule has 0 aliphatic carbocycles. The summed E-state index contributed by atoms with van der Waals surface area (Å²) in [4.78, 5) is 26.3. The highest BCUT2D eigenvalue weighted by molar-refractivity contribution is 7.08. The Morgan fingerprint density at radius 1 is 1.12 bits per heavy atom. The smallest absolute Gasteiger partial charge is 0.322 e. The van der Waals surface area contributed by atoms with Crippen molar-refractivity contribution in [2.45, 2.75) is 18.4 Å². The number of carbonyl (C=O) groups excluding carboxylic acids is 1. The number of H-pyrrole nitrogens is 1. The number of aromatic amines is 1. The molecule has 174 valence electrons. The minimum absolute atomic E-state index is 0.00502. The quantitative estimate of drug-likeness (QED) is 0.429. The number of nitrogens with zero attached hydrogens (tertiary/aromatic N) is 2. The van der Waals surface area contributed by atoms with E-state index in [1.165, 1.54) is 16.3 Å². The number of hydrogen-bond donors (Lipinski definition) is 2. The first-order valence-corrected chi connectivity index (χ1v) is 12.1. The van der Waals surface area contributed by atoms with Crippen LogP contribution in [0.4, 0.5) is 0 Å². The standard InChI is InChI=1S/C26H26N4O3S/c1-30-15-22(25-28-29-26(32)34-25)23(16-30)27-24(31)19-9-11-20(12-10-19)33-14-13-18-7-4-6-17-5-2-3-8-21(17)18/h2-12,22-23H,13-16H2,1H3,(H,27,31)(H,29,32)/t22-,23+/m0/s1. The number of rotatable bonds is 7. The van der Waals surface area contributed by atoms with Gasteiger partial charge in [0.15, 0.2) is 0 Å². The number of nitrogens with one attached hydrogen (secondary N) is 2. The van der Waals surface area contributed by atoms with E-state index in [0.717, 1.165) is 35.1 Å². The lowest BCUT2D eigenvalue weighted by Gasteiger charge is -2.18. The van der Waals surface area contributed by atoms with Gasteiger partial charge in [0, 0.05) is 31.0 Å². The average Bonchev–Trinajstić information content (AvgIpc) is 3.44. The zero-order chi connectivity index (χ0) is 23.5. The third kappa shape index (κ3) is 4.88. The van der Waals surface area contributed by atoms with Crippen LogP contribution >= 0.6 is 11.3 Å². The van der Waals surface area contributed by atoms with Crippen molar-refractivity contribution in [3.8, 4) is 5.75 Å². The van der Waals surface area contributed by atoms with Gasteiger partial charge in [-0.2, -0.15) is 5.10 Å². The lowest BCUT2D eigenvalue weighted by molar-refractivity contribution is 0.0935. The van der Waals surface area contributed by atoms with Gasteiger partial charge >= 0.3 is 4.87 Å². The van der Waals surface area contributed by atoms with Crippen molar-refractivity contribution >= 4 is 28.0 Å². The Kier molecular flexibility index (Phi) is 6.42. The minimum Gasteiger partial charge on any atom is -0.493 e. The topological polar surface area (TPSA) is 87.3 Å². The molecule has 0 bridgehead atoms. The van der Waals surface area contributed by atoms with Crippen molar-refractivity contribution in [3.05, 3.63) is 92.5 Å². The predicted molar refractivity (Wildman–Crippen MR) is 134 cm³/mol. The zero-order valence-electron chi connectivity index (χ0n) is 18.9. The highest BCUT2D eigenvalue weighted by atomic mass is 32.1. The Hall–Kier alpha value is -3.49. The van der Waals surface area contributed by atoms with Crippen LogP contribution in [-0.4, -0.2) is 53.8 Å². The van der Waals surface area contributed by atoms with Gasteiger partial charge in [0.05, 0.1) is 12.6 Å². The summed E-state index contributed by atoms with van der Waals surface area (Å²) < 4.78 is 5.94. The molecular weight excluding hydrogens is 448 g/mol. The van der Waals surface area contributed by atoms with Gasteiger partial charge in [-0.05, 0) is 47.6 Å². The summed E-state index contributed by atoms with van der Waals surface area (Å²) in [5.41, 5.74) is 1.83. The fourth-order valence-electron chi connectivity index (χ4n) is 4.54. The van der Waals surface area contributed by atoms with Gasteiger partial charge in [0.2, 0.25) is 0 Å². The van der Waals surface area contributed by atoms with E-state index in [-0.39, 0.29) is 22.7 Å². The maximum Gasteiger partial charge on any atom is 0.322 e. The molecule has 1 saturated heterocycles. The van der Waals surface area contributed by atoms with Crippen LogP contribution in [0.5, 0.6) is 5.75 Å². The van der Waals surface area contributed by atoms with Crippen LogP contribution in [0.15, 0.2) is 71.5 Å². The summed E-state index contributed by atoms with van der Waals surface area (Å²) in [7, 11) is 2.00. The molecule has 8 heteroatoms. The average molecular weight is 475 g/mol. The molecule has 1 aromatic heterocycles. The molecule has 34 heavy (non-hydrogen) atoms. The molecule has 2 heterocycles. The molecule has 4 aromatic rings. The first kappa shape index (κ1) is 22.3. The molecule has 0 saturated carbocycles. The second-order valence-corrected chi connectivity index (χ2v) is 9.61.